The zero-order valence-electron chi connectivity index (χ0n) is 11.9. The second-order valence-corrected chi connectivity index (χ2v) is 5.39. The molecule has 3 rings (SSSR count). The Bertz CT molecular complexity index is 677. The Morgan fingerprint density at radius 2 is 2.10 bits per heavy atom. The van der Waals surface area contributed by atoms with E-state index in [0.717, 1.165) is 18.5 Å². The molecule has 0 saturated carbocycles. The van der Waals surface area contributed by atoms with Gasteiger partial charge in [-0.3, -0.25) is 14.5 Å². The van der Waals surface area contributed by atoms with E-state index in [2.05, 4.69) is 20.4 Å². The number of aromatic nitrogens is 5. The van der Waals surface area contributed by atoms with E-state index >= 15 is 0 Å². The molecule has 1 saturated heterocycles. The molecule has 0 spiro atoms. The van der Waals surface area contributed by atoms with Gasteiger partial charge < -0.3 is 4.90 Å². The van der Waals surface area contributed by atoms with Crippen LogP contribution in [0.25, 0.3) is 0 Å². The molecule has 1 aliphatic rings. The third-order valence-corrected chi connectivity index (χ3v) is 4.08. The normalized spacial score (nSPS) is 16.3. The zero-order chi connectivity index (χ0) is 14.8. The van der Waals surface area contributed by atoms with Crippen molar-refractivity contribution in [2.45, 2.75) is 32.2 Å². The Kier molecular flexibility index (Phi) is 3.59. The highest BCUT2D eigenvalue weighted by atomic mass is 16.2. The van der Waals surface area contributed by atoms with E-state index < -0.39 is 0 Å². The first-order chi connectivity index (χ1) is 10.1. The minimum Gasteiger partial charge on any atom is -0.341 e. The summed E-state index contributed by atoms with van der Waals surface area (Å²) >= 11 is 0. The van der Waals surface area contributed by atoms with Gasteiger partial charge in [-0.2, -0.15) is 10.2 Å². The molecule has 2 aromatic heterocycles. The number of carbonyl (C=O) groups excluding carboxylic acids is 1. The number of likely N-dealkylation sites (tertiary alicyclic amines) is 1. The number of aromatic amines is 2. The van der Waals surface area contributed by atoms with Crippen molar-refractivity contribution in [2.75, 3.05) is 13.1 Å². The highest BCUT2D eigenvalue weighted by Gasteiger charge is 2.25. The van der Waals surface area contributed by atoms with E-state index in [4.69, 9.17) is 0 Å². The first-order valence-corrected chi connectivity index (χ1v) is 7.02. The first-order valence-electron chi connectivity index (χ1n) is 7.02. The van der Waals surface area contributed by atoms with Crippen molar-refractivity contribution >= 4 is 5.91 Å². The van der Waals surface area contributed by atoms with Crippen LogP contribution >= 0.6 is 0 Å². The third-order valence-electron chi connectivity index (χ3n) is 4.08. The predicted molar refractivity (Wildman–Crippen MR) is 74.7 cm³/mol. The van der Waals surface area contributed by atoms with Gasteiger partial charge in [0.1, 0.15) is 12.9 Å². The standard InChI is InChI=1S/C13H18N6O2/c1-9-11(6-14-16-9)10-2-4-18(5-3-10)12(20)7-19-8-15-17-13(19)21/h6,8,10H,2-5,7H2,1H3,(H,14,16)(H,17,21). The maximum absolute atomic E-state index is 12.2. The molecule has 0 aliphatic carbocycles. The lowest BCUT2D eigenvalue weighted by molar-refractivity contribution is -0.132. The van der Waals surface area contributed by atoms with Crippen molar-refractivity contribution in [3.63, 3.8) is 0 Å². The molecule has 0 aromatic carbocycles. The van der Waals surface area contributed by atoms with Gasteiger partial charge >= 0.3 is 5.69 Å². The summed E-state index contributed by atoms with van der Waals surface area (Å²) in [6.45, 7) is 3.48. The number of amides is 1. The summed E-state index contributed by atoms with van der Waals surface area (Å²) < 4.78 is 1.29. The zero-order valence-corrected chi connectivity index (χ0v) is 11.9. The molecule has 0 bridgehead atoms. The predicted octanol–water partition coefficient (Wildman–Crippen LogP) is 0.00912. The molecule has 2 N–H and O–H groups in total. The molecule has 3 heterocycles. The summed E-state index contributed by atoms with van der Waals surface area (Å²) in [6.07, 6.45) is 5.07. The average molecular weight is 290 g/mol. The molecule has 8 nitrogen and oxygen atoms in total. The van der Waals surface area contributed by atoms with Crippen LogP contribution in [0.15, 0.2) is 17.3 Å². The number of hydrogen-bond donors (Lipinski definition) is 2. The van der Waals surface area contributed by atoms with E-state index in [1.165, 1.54) is 16.5 Å². The minimum atomic E-state index is -0.354. The summed E-state index contributed by atoms with van der Waals surface area (Å²) in [5.74, 6) is 0.408. The van der Waals surface area contributed by atoms with Crippen LogP contribution in [0.3, 0.4) is 0 Å². The van der Waals surface area contributed by atoms with Crippen LogP contribution < -0.4 is 5.69 Å². The average Bonchev–Trinajstić information content (AvgIpc) is 3.08. The lowest BCUT2D eigenvalue weighted by atomic mass is 9.90. The fourth-order valence-corrected chi connectivity index (χ4v) is 2.84. The van der Waals surface area contributed by atoms with Crippen molar-refractivity contribution in [1.29, 1.82) is 0 Å². The molecule has 0 atom stereocenters. The maximum Gasteiger partial charge on any atom is 0.343 e. The third kappa shape index (κ3) is 2.74. The van der Waals surface area contributed by atoms with E-state index in [9.17, 15) is 9.59 Å². The number of aryl methyl sites for hydroxylation is 1. The lowest BCUT2D eigenvalue weighted by Gasteiger charge is -2.32. The van der Waals surface area contributed by atoms with Gasteiger partial charge in [0.25, 0.3) is 0 Å². The largest absolute Gasteiger partial charge is 0.343 e. The Balaban J connectivity index is 1.58. The number of carbonyl (C=O) groups is 1. The molecule has 0 unspecified atom stereocenters. The van der Waals surface area contributed by atoms with Crippen LogP contribution in [0.4, 0.5) is 0 Å². The second-order valence-electron chi connectivity index (χ2n) is 5.39. The number of hydrogen-bond acceptors (Lipinski definition) is 4. The van der Waals surface area contributed by atoms with Gasteiger partial charge in [-0.05, 0) is 31.2 Å². The Labute approximate surface area is 121 Å². The fourth-order valence-electron chi connectivity index (χ4n) is 2.84. The summed E-state index contributed by atoms with van der Waals surface area (Å²) in [4.78, 5) is 25.3. The topological polar surface area (TPSA) is 99.7 Å². The van der Waals surface area contributed by atoms with E-state index in [0.29, 0.717) is 19.0 Å². The first kappa shape index (κ1) is 13.6. The molecular weight excluding hydrogens is 272 g/mol. The summed E-state index contributed by atoms with van der Waals surface area (Å²) in [5.41, 5.74) is 1.99. The van der Waals surface area contributed by atoms with Gasteiger partial charge in [0.05, 0.1) is 6.20 Å². The van der Waals surface area contributed by atoms with Crippen LogP contribution in [0, 0.1) is 6.92 Å². The van der Waals surface area contributed by atoms with Crippen LogP contribution in [-0.2, 0) is 11.3 Å². The smallest absolute Gasteiger partial charge is 0.341 e. The van der Waals surface area contributed by atoms with E-state index in [1.54, 1.807) is 0 Å². The Hall–Kier alpha value is -2.38. The van der Waals surface area contributed by atoms with E-state index in [-0.39, 0.29) is 18.1 Å². The van der Waals surface area contributed by atoms with Crippen LogP contribution in [0.2, 0.25) is 0 Å². The summed E-state index contributed by atoms with van der Waals surface area (Å²) in [5, 5.41) is 12.9. The molecule has 1 aliphatic heterocycles. The molecule has 112 valence electrons. The number of nitrogens with zero attached hydrogens (tertiary/aromatic N) is 4. The maximum atomic E-state index is 12.2. The number of H-pyrrole nitrogens is 2. The summed E-state index contributed by atoms with van der Waals surface area (Å²) in [6, 6.07) is 0. The molecule has 8 heteroatoms. The molecule has 1 amide bonds. The summed E-state index contributed by atoms with van der Waals surface area (Å²) in [7, 11) is 0. The SMILES string of the molecule is Cc1[nH]ncc1C1CCN(C(=O)Cn2cn[nH]c2=O)CC1. The van der Waals surface area contributed by atoms with Crippen molar-refractivity contribution < 1.29 is 4.79 Å². The Morgan fingerprint density at radius 3 is 2.67 bits per heavy atom. The van der Waals surface area contributed by atoms with E-state index in [1.807, 2.05) is 18.0 Å². The number of rotatable bonds is 3. The highest BCUT2D eigenvalue weighted by molar-refractivity contribution is 5.76. The van der Waals surface area contributed by atoms with Crippen molar-refractivity contribution in [2.24, 2.45) is 0 Å². The van der Waals surface area contributed by atoms with Crippen LogP contribution in [-0.4, -0.2) is 48.9 Å². The molecule has 21 heavy (non-hydrogen) atoms. The van der Waals surface area contributed by atoms with Crippen molar-refractivity contribution in [3.05, 3.63) is 34.3 Å². The fraction of sp³-hybridized carbons (Fsp3) is 0.538. The van der Waals surface area contributed by atoms with Gasteiger partial charge in [0.2, 0.25) is 5.91 Å². The molecule has 1 fully saturated rings. The lowest BCUT2D eigenvalue weighted by Crippen LogP contribution is -2.40. The van der Waals surface area contributed by atoms with Gasteiger partial charge in [-0.1, -0.05) is 0 Å². The Morgan fingerprint density at radius 1 is 1.33 bits per heavy atom. The number of piperidine rings is 1. The highest BCUT2D eigenvalue weighted by Crippen LogP contribution is 2.29. The number of nitrogens with one attached hydrogen (secondary N) is 2. The van der Waals surface area contributed by atoms with Crippen molar-refractivity contribution in [3.8, 4) is 0 Å². The van der Waals surface area contributed by atoms with Crippen LogP contribution in [0.1, 0.15) is 30.0 Å². The van der Waals surface area contributed by atoms with Crippen LogP contribution in [0.5, 0.6) is 0 Å². The molecule has 0 radical (unpaired) electrons. The molecular formula is C13H18N6O2. The van der Waals surface area contributed by atoms with Gasteiger partial charge in [0, 0.05) is 18.8 Å². The second kappa shape index (κ2) is 5.55. The quantitative estimate of drug-likeness (QED) is 0.831. The minimum absolute atomic E-state index is 0.0409. The van der Waals surface area contributed by atoms with Gasteiger partial charge in [-0.15, -0.1) is 0 Å². The molecule has 2 aromatic rings. The monoisotopic (exact) mass is 290 g/mol. The van der Waals surface area contributed by atoms with Gasteiger partial charge in [0.15, 0.2) is 0 Å². The van der Waals surface area contributed by atoms with Gasteiger partial charge in [-0.25, -0.2) is 9.89 Å². The van der Waals surface area contributed by atoms with Crippen molar-refractivity contribution in [1.82, 2.24) is 29.9 Å².